The van der Waals surface area contributed by atoms with Gasteiger partial charge in [0.15, 0.2) is 5.96 Å². The molecule has 1 aliphatic heterocycles. The van der Waals surface area contributed by atoms with Crippen LogP contribution in [0.3, 0.4) is 0 Å². The first-order valence-corrected chi connectivity index (χ1v) is 9.64. The minimum atomic E-state index is -0.164. The molecule has 1 aliphatic rings. The molecule has 0 saturated carbocycles. The summed E-state index contributed by atoms with van der Waals surface area (Å²) in [7, 11) is 0. The van der Waals surface area contributed by atoms with E-state index >= 15 is 0 Å². The second-order valence-corrected chi connectivity index (χ2v) is 6.79. The number of rotatable bonds is 5. The molecule has 1 amide bonds. The van der Waals surface area contributed by atoms with Gasteiger partial charge in [0.05, 0.1) is 0 Å². The van der Waals surface area contributed by atoms with Crippen molar-refractivity contribution in [2.75, 3.05) is 31.5 Å². The van der Waals surface area contributed by atoms with Crippen molar-refractivity contribution in [2.24, 2.45) is 4.99 Å². The van der Waals surface area contributed by atoms with Crippen molar-refractivity contribution >= 4 is 17.6 Å². The Morgan fingerprint density at radius 2 is 2.07 bits per heavy atom. The highest BCUT2D eigenvalue weighted by Gasteiger charge is 2.26. The number of carbonyl (C=O) groups excluding carboxylic acids is 1. The van der Waals surface area contributed by atoms with Gasteiger partial charge >= 0.3 is 0 Å². The minimum absolute atomic E-state index is 0.0646. The molecule has 2 N–H and O–H groups in total. The maximum Gasteiger partial charge on any atom is 0.246 e. The summed E-state index contributed by atoms with van der Waals surface area (Å²) >= 11 is 0. The largest absolute Gasteiger partial charge is 0.357 e. The smallest absolute Gasteiger partial charge is 0.246 e. The van der Waals surface area contributed by atoms with Crippen molar-refractivity contribution in [3.63, 3.8) is 0 Å². The first-order valence-electron chi connectivity index (χ1n) is 9.64. The SMILES string of the molecule is C#Cc1cccc(NC(=O)CN=C(NCC)N2CCC(c3ccccc3)C2)c1. The van der Waals surface area contributed by atoms with Crippen LogP contribution in [-0.2, 0) is 4.79 Å². The fourth-order valence-corrected chi connectivity index (χ4v) is 3.41. The molecule has 1 unspecified atom stereocenters. The first-order chi connectivity index (χ1) is 13.7. The van der Waals surface area contributed by atoms with Gasteiger partial charge in [-0.2, -0.15) is 0 Å². The van der Waals surface area contributed by atoms with Crippen LogP contribution in [0.5, 0.6) is 0 Å². The van der Waals surface area contributed by atoms with Crippen LogP contribution in [0.4, 0.5) is 5.69 Å². The molecule has 1 heterocycles. The quantitative estimate of drug-likeness (QED) is 0.480. The molecule has 1 atom stereocenters. The number of guanidine groups is 1. The number of anilines is 1. The van der Waals surface area contributed by atoms with E-state index in [0.29, 0.717) is 11.6 Å². The molecule has 1 saturated heterocycles. The molecule has 144 valence electrons. The van der Waals surface area contributed by atoms with E-state index in [1.165, 1.54) is 5.56 Å². The third kappa shape index (κ3) is 5.14. The van der Waals surface area contributed by atoms with Gasteiger partial charge in [0.25, 0.3) is 0 Å². The second kappa shape index (κ2) is 9.61. The predicted molar refractivity (Wildman–Crippen MR) is 114 cm³/mol. The minimum Gasteiger partial charge on any atom is -0.357 e. The number of hydrogen-bond acceptors (Lipinski definition) is 2. The third-order valence-electron chi connectivity index (χ3n) is 4.78. The number of aliphatic imine (C=N–C) groups is 1. The zero-order chi connectivity index (χ0) is 19.8. The van der Waals surface area contributed by atoms with Crippen LogP contribution in [0.1, 0.15) is 30.4 Å². The zero-order valence-corrected chi connectivity index (χ0v) is 16.2. The zero-order valence-electron chi connectivity index (χ0n) is 16.2. The van der Waals surface area contributed by atoms with Gasteiger partial charge < -0.3 is 15.5 Å². The molecule has 0 spiro atoms. The molecule has 0 aromatic heterocycles. The molecule has 28 heavy (non-hydrogen) atoms. The van der Waals surface area contributed by atoms with Crippen LogP contribution in [0.15, 0.2) is 59.6 Å². The Morgan fingerprint density at radius 1 is 1.25 bits per heavy atom. The predicted octanol–water partition coefficient (Wildman–Crippen LogP) is 3.06. The standard InChI is InChI=1S/C23H26N4O/c1-3-18-9-8-12-21(15-18)26-22(28)16-25-23(24-4-2)27-14-13-20(17-27)19-10-6-5-7-11-19/h1,5-12,15,20H,4,13-14,16-17H2,2H3,(H,24,25)(H,26,28). The summed E-state index contributed by atoms with van der Waals surface area (Å²) in [6, 6.07) is 17.8. The topological polar surface area (TPSA) is 56.7 Å². The van der Waals surface area contributed by atoms with E-state index in [1.807, 2.05) is 31.2 Å². The van der Waals surface area contributed by atoms with Crippen LogP contribution in [0.25, 0.3) is 0 Å². The van der Waals surface area contributed by atoms with Crippen LogP contribution in [0, 0.1) is 12.3 Å². The van der Waals surface area contributed by atoms with Gasteiger partial charge in [-0.3, -0.25) is 4.79 Å². The lowest BCUT2D eigenvalue weighted by molar-refractivity contribution is -0.114. The molecule has 1 fully saturated rings. The molecular weight excluding hydrogens is 348 g/mol. The third-order valence-corrected chi connectivity index (χ3v) is 4.78. The number of nitrogens with zero attached hydrogens (tertiary/aromatic N) is 2. The lowest BCUT2D eigenvalue weighted by atomic mass is 9.99. The van der Waals surface area contributed by atoms with E-state index in [9.17, 15) is 4.79 Å². The lowest BCUT2D eigenvalue weighted by Gasteiger charge is -2.21. The van der Waals surface area contributed by atoms with E-state index in [2.05, 4.69) is 50.7 Å². The van der Waals surface area contributed by atoms with Gasteiger partial charge in [0.2, 0.25) is 5.91 Å². The lowest BCUT2D eigenvalue weighted by Crippen LogP contribution is -2.40. The van der Waals surface area contributed by atoms with Gasteiger partial charge in [-0.15, -0.1) is 6.42 Å². The number of nitrogens with one attached hydrogen (secondary N) is 2. The Labute approximate surface area is 166 Å². The number of benzene rings is 2. The summed E-state index contributed by atoms with van der Waals surface area (Å²) in [6.45, 7) is 4.69. The summed E-state index contributed by atoms with van der Waals surface area (Å²) in [6.07, 6.45) is 6.49. The van der Waals surface area contributed by atoms with Gasteiger partial charge in [0.1, 0.15) is 6.54 Å². The Kier molecular flexibility index (Phi) is 6.69. The number of hydrogen-bond donors (Lipinski definition) is 2. The highest BCUT2D eigenvalue weighted by molar-refractivity contribution is 5.94. The summed E-state index contributed by atoms with van der Waals surface area (Å²) < 4.78 is 0. The number of terminal acetylenes is 1. The maximum atomic E-state index is 12.3. The molecule has 5 nitrogen and oxygen atoms in total. The molecule has 3 rings (SSSR count). The Morgan fingerprint density at radius 3 is 2.82 bits per heavy atom. The van der Waals surface area contributed by atoms with Crippen molar-refractivity contribution < 1.29 is 4.79 Å². The van der Waals surface area contributed by atoms with Crippen LogP contribution in [0.2, 0.25) is 0 Å². The number of carbonyl (C=O) groups is 1. The molecule has 0 bridgehead atoms. The number of likely N-dealkylation sites (tertiary alicyclic amines) is 1. The molecule has 2 aromatic rings. The normalized spacial score (nSPS) is 16.5. The fourth-order valence-electron chi connectivity index (χ4n) is 3.41. The molecule has 0 aliphatic carbocycles. The summed E-state index contributed by atoms with van der Waals surface area (Å²) in [4.78, 5) is 19.1. The van der Waals surface area contributed by atoms with E-state index in [1.54, 1.807) is 6.07 Å². The highest BCUT2D eigenvalue weighted by Crippen LogP contribution is 2.26. The van der Waals surface area contributed by atoms with Gasteiger partial charge in [0, 0.05) is 36.8 Å². The average Bonchev–Trinajstić information content (AvgIpc) is 3.22. The van der Waals surface area contributed by atoms with E-state index in [0.717, 1.165) is 37.6 Å². The first kappa shape index (κ1) is 19.5. The van der Waals surface area contributed by atoms with Crippen molar-refractivity contribution in [2.45, 2.75) is 19.3 Å². The van der Waals surface area contributed by atoms with Crippen molar-refractivity contribution in [1.29, 1.82) is 0 Å². The van der Waals surface area contributed by atoms with Gasteiger partial charge in [-0.25, -0.2) is 4.99 Å². The summed E-state index contributed by atoms with van der Waals surface area (Å²) in [5.74, 6) is 3.68. The van der Waals surface area contributed by atoms with Crippen LogP contribution < -0.4 is 10.6 Å². The molecule has 2 aromatic carbocycles. The van der Waals surface area contributed by atoms with Crippen LogP contribution in [-0.4, -0.2) is 42.9 Å². The highest BCUT2D eigenvalue weighted by atomic mass is 16.1. The second-order valence-electron chi connectivity index (χ2n) is 6.79. The van der Waals surface area contributed by atoms with Crippen molar-refractivity contribution in [3.05, 3.63) is 65.7 Å². The van der Waals surface area contributed by atoms with E-state index < -0.39 is 0 Å². The van der Waals surface area contributed by atoms with Crippen molar-refractivity contribution in [3.8, 4) is 12.3 Å². The van der Waals surface area contributed by atoms with E-state index in [4.69, 9.17) is 6.42 Å². The molecular formula is C23H26N4O. The van der Waals surface area contributed by atoms with E-state index in [-0.39, 0.29) is 12.5 Å². The summed E-state index contributed by atoms with van der Waals surface area (Å²) in [5.41, 5.74) is 2.77. The maximum absolute atomic E-state index is 12.3. The Bertz CT molecular complexity index is 870. The molecule has 5 heteroatoms. The fraction of sp³-hybridized carbons (Fsp3) is 0.304. The number of amides is 1. The Balaban J connectivity index is 1.61. The van der Waals surface area contributed by atoms with Gasteiger partial charge in [-0.1, -0.05) is 42.3 Å². The average molecular weight is 374 g/mol. The van der Waals surface area contributed by atoms with Gasteiger partial charge in [-0.05, 0) is 37.1 Å². The van der Waals surface area contributed by atoms with Crippen LogP contribution >= 0.6 is 0 Å². The Hall–Kier alpha value is -3.26. The monoisotopic (exact) mass is 374 g/mol. The van der Waals surface area contributed by atoms with Crippen molar-refractivity contribution in [1.82, 2.24) is 10.2 Å². The summed E-state index contributed by atoms with van der Waals surface area (Å²) in [5, 5.41) is 6.15. The molecule has 0 radical (unpaired) electrons.